The van der Waals surface area contributed by atoms with E-state index < -0.39 is 5.60 Å². The second kappa shape index (κ2) is 6.31. The van der Waals surface area contributed by atoms with Gasteiger partial charge >= 0.3 is 6.09 Å². The van der Waals surface area contributed by atoms with E-state index in [1.54, 1.807) is 21.9 Å². The molecule has 0 aliphatic carbocycles. The molecule has 130 valence electrons. The quantitative estimate of drug-likeness (QED) is 0.729. The molecular weight excluding hydrogens is 376 g/mol. The van der Waals surface area contributed by atoms with Crippen molar-refractivity contribution in [1.29, 1.82) is 0 Å². The van der Waals surface area contributed by atoms with Crippen LogP contribution in [0.15, 0.2) is 16.7 Å². The SMILES string of the molecule is CC(C)(C)OC(=O)N1C2CCC1CN(c1ccc(Br)nn1)C(=O)C2. The van der Waals surface area contributed by atoms with Gasteiger partial charge in [-0.1, -0.05) is 0 Å². The van der Waals surface area contributed by atoms with Gasteiger partial charge in [0, 0.05) is 19.0 Å². The summed E-state index contributed by atoms with van der Waals surface area (Å²) in [4.78, 5) is 28.5. The van der Waals surface area contributed by atoms with Crippen LogP contribution in [0.3, 0.4) is 0 Å². The van der Waals surface area contributed by atoms with Crippen molar-refractivity contribution < 1.29 is 14.3 Å². The summed E-state index contributed by atoms with van der Waals surface area (Å²) in [7, 11) is 0. The lowest BCUT2D eigenvalue weighted by molar-refractivity contribution is -0.119. The lowest BCUT2D eigenvalue weighted by atomic mass is 10.1. The molecule has 24 heavy (non-hydrogen) atoms. The molecule has 1 aromatic rings. The molecule has 2 aliphatic rings. The van der Waals surface area contributed by atoms with E-state index >= 15 is 0 Å². The number of fused-ring (bicyclic) bond motifs is 2. The van der Waals surface area contributed by atoms with Crippen LogP contribution >= 0.6 is 15.9 Å². The van der Waals surface area contributed by atoms with Crippen molar-refractivity contribution in [1.82, 2.24) is 15.1 Å². The molecule has 2 bridgehead atoms. The van der Waals surface area contributed by atoms with Crippen LogP contribution in [0.5, 0.6) is 0 Å². The first-order valence-electron chi connectivity index (χ1n) is 8.05. The number of hydrogen-bond donors (Lipinski definition) is 0. The van der Waals surface area contributed by atoms with Crippen LogP contribution in [-0.4, -0.2) is 51.3 Å². The third kappa shape index (κ3) is 3.53. The molecule has 1 aromatic heterocycles. The van der Waals surface area contributed by atoms with Crippen molar-refractivity contribution in [3.63, 3.8) is 0 Å². The average Bonchev–Trinajstić information content (AvgIpc) is 2.79. The van der Waals surface area contributed by atoms with Gasteiger partial charge < -0.3 is 4.74 Å². The number of carbonyl (C=O) groups excluding carboxylic acids is 2. The van der Waals surface area contributed by atoms with Gasteiger partial charge in [0.05, 0.1) is 6.04 Å². The van der Waals surface area contributed by atoms with Crippen LogP contribution in [0.2, 0.25) is 0 Å². The van der Waals surface area contributed by atoms with Gasteiger partial charge in [-0.2, -0.15) is 0 Å². The van der Waals surface area contributed by atoms with Gasteiger partial charge in [0.2, 0.25) is 5.91 Å². The number of amides is 2. The fourth-order valence-corrected chi connectivity index (χ4v) is 3.46. The predicted octanol–water partition coefficient (Wildman–Crippen LogP) is 2.74. The topological polar surface area (TPSA) is 75.6 Å². The first-order valence-corrected chi connectivity index (χ1v) is 8.85. The van der Waals surface area contributed by atoms with Crippen molar-refractivity contribution in [3.8, 4) is 0 Å². The number of aromatic nitrogens is 2. The predicted molar refractivity (Wildman–Crippen MR) is 91.6 cm³/mol. The van der Waals surface area contributed by atoms with Crippen LogP contribution in [0, 0.1) is 0 Å². The smallest absolute Gasteiger partial charge is 0.410 e. The lowest BCUT2D eigenvalue weighted by Crippen LogP contribution is -2.45. The number of hydrogen-bond acceptors (Lipinski definition) is 5. The number of anilines is 1. The number of rotatable bonds is 1. The van der Waals surface area contributed by atoms with Crippen molar-refractivity contribution in [2.45, 2.75) is 57.7 Å². The van der Waals surface area contributed by atoms with E-state index in [0.717, 1.165) is 12.8 Å². The van der Waals surface area contributed by atoms with Crippen molar-refractivity contribution in [2.24, 2.45) is 0 Å². The highest BCUT2D eigenvalue weighted by molar-refractivity contribution is 9.10. The Morgan fingerprint density at radius 1 is 1.25 bits per heavy atom. The second-order valence-corrected chi connectivity index (χ2v) is 8.01. The van der Waals surface area contributed by atoms with Gasteiger partial charge in [-0.05, 0) is 61.7 Å². The Bertz CT molecular complexity index is 644. The van der Waals surface area contributed by atoms with Crippen molar-refractivity contribution in [2.75, 3.05) is 11.4 Å². The van der Waals surface area contributed by atoms with Gasteiger partial charge in [-0.25, -0.2) is 4.79 Å². The Hall–Kier alpha value is -1.70. The minimum Gasteiger partial charge on any atom is -0.444 e. The molecule has 0 N–H and O–H groups in total. The third-order valence-corrected chi connectivity index (χ3v) is 4.65. The summed E-state index contributed by atoms with van der Waals surface area (Å²) in [6, 6.07) is 3.35. The molecule has 3 heterocycles. The van der Waals surface area contributed by atoms with Crippen molar-refractivity contribution >= 4 is 33.7 Å². The fraction of sp³-hybridized carbons (Fsp3) is 0.625. The Morgan fingerprint density at radius 2 is 1.96 bits per heavy atom. The summed E-state index contributed by atoms with van der Waals surface area (Å²) >= 11 is 3.24. The zero-order chi connectivity index (χ0) is 17.5. The summed E-state index contributed by atoms with van der Waals surface area (Å²) in [5.41, 5.74) is -0.552. The maximum atomic E-state index is 12.6. The Kier molecular flexibility index (Phi) is 4.50. The molecule has 0 radical (unpaired) electrons. The van der Waals surface area contributed by atoms with E-state index in [9.17, 15) is 9.59 Å². The number of ether oxygens (including phenoxy) is 1. The Labute approximate surface area is 149 Å². The van der Waals surface area contributed by atoms with E-state index in [-0.39, 0.29) is 30.5 Å². The molecule has 0 saturated carbocycles. The molecule has 7 nitrogen and oxygen atoms in total. The molecule has 2 saturated heterocycles. The minimum atomic E-state index is -0.552. The van der Waals surface area contributed by atoms with Gasteiger partial charge in [0.25, 0.3) is 0 Å². The highest BCUT2D eigenvalue weighted by atomic mass is 79.9. The number of halogens is 1. The third-order valence-electron chi connectivity index (χ3n) is 4.22. The first-order chi connectivity index (χ1) is 11.2. The lowest BCUT2D eigenvalue weighted by Gasteiger charge is -2.31. The molecule has 2 atom stereocenters. The standard InChI is InChI=1S/C16H21BrN4O3/c1-16(2,3)24-15(23)21-10-4-5-11(21)9-20(14(22)8-10)13-7-6-12(17)18-19-13/h6-7,10-11H,4-5,8-9H2,1-3H3. The summed E-state index contributed by atoms with van der Waals surface area (Å²) in [5.74, 6) is 0.479. The molecular formula is C16H21BrN4O3. The average molecular weight is 397 g/mol. The van der Waals surface area contributed by atoms with E-state index in [2.05, 4.69) is 26.1 Å². The van der Waals surface area contributed by atoms with Gasteiger partial charge in [-0.3, -0.25) is 14.6 Å². The van der Waals surface area contributed by atoms with Gasteiger partial charge in [0.15, 0.2) is 5.82 Å². The molecule has 2 amide bonds. The van der Waals surface area contributed by atoms with Crippen LogP contribution in [0.25, 0.3) is 0 Å². The normalized spacial score (nSPS) is 24.1. The zero-order valence-electron chi connectivity index (χ0n) is 14.0. The van der Waals surface area contributed by atoms with E-state index in [4.69, 9.17) is 4.74 Å². The number of carbonyl (C=O) groups is 2. The minimum absolute atomic E-state index is 0.0348. The molecule has 2 fully saturated rings. The maximum absolute atomic E-state index is 12.6. The van der Waals surface area contributed by atoms with E-state index in [0.29, 0.717) is 17.0 Å². The summed E-state index contributed by atoms with van der Waals surface area (Å²) in [6.07, 6.45) is 1.63. The van der Waals surface area contributed by atoms with Crippen LogP contribution in [0.1, 0.15) is 40.0 Å². The summed E-state index contributed by atoms with van der Waals surface area (Å²) < 4.78 is 6.14. The highest BCUT2D eigenvalue weighted by Crippen LogP contribution is 2.33. The Balaban J connectivity index is 1.82. The highest BCUT2D eigenvalue weighted by Gasteiger charge is 2.44. The second-order valence-electron chi connectivity index (χ2n) is 7.20. The zero-order valence-corrected chi connectivity index (χ0v) is 15.6. The van der Waals surface area contributed by atoms with Gasteiger partial charge in [-0.15, -0.1) is 10.2 Å². The number of nitrogens with zero attached hydrogens (tertiary/aromatic N) is 4. The maximum Gasteiger partial charge on any atom is 0.410 e. The summed E-state index contributed by atoms with van der Waals surface area (Å²) in [5, 5.41) is 8.03. The molecule has 2 unspecified atom stereocenters. The van der Waals surface area contributed by atoms with E-state index in [1.807, 2.05) is 20.8 Å². The van der Waals surface area contributed by atoms with Crippen LogP contribution in [0.4, 0.5) is 10.6 Å². The van der Waals surface area contributed by atoms with Crippen LogP contribution < -0.4 is 4.90 Å². The van der Waals surface area contributed by atoms with E-state index in [1.165, 1.54) is 0 Å². The first kappa shape index (κ1) is 17.1. The Morgan fingerprint density at radius 3 is 2.58 bits per heavy atom. The monoisotopic (exact) mass is 396 g/mol. The van der Waals surface area contributed by atoms with Gasteiger partial charge in [0.1, 0.15) is 10.2 Å². The fourth-order valence-electron chi connectivity index (χ4n) is 3.25. The molecule has 0 spiro atoms. The largest absolute Gasteiger partial charge is 0.444 e. The summed E-state index contributed by atoms with van der Waals surface area (Å²) in [6.45, 7) is 5.96. The molecule has 0 aromatic carbocycles. The molecule has 2 aliphatic heterocycles. The van der Waals surface area contributed by atoms with Crippen LogP contribution in [-0.2, 0) is 9.53 Å². The molecule has 3 rings (SSSR count). The molecule has 8 heteroatoms. The van der Waals surface area contributed by atoms with Crippen molar-refractivity contribution in [3.05, 3.63) is 16.7 Å².